The van der Waals surface area contributed by atoms with E-state index in [2.05, 4.69) is 5.32 Å². The van der Waals surface area contributed by atoms with Crippen LogP contribution in [0.1, 0.15) is 52.8 Å². The van der Waals surface area contributed by atoms with Gasteiger partial charge in [0, 0.05) is 17.7 Å². The zero-order chi connectivity index (χ0) is 13.7. The third-order valence-electron chi connectivity index (χ3n) is 3.72. The Hall–Kier alpha value is -1.84. The maximum Gasteiger partial charge on any atom is 0.251 e. The Bertz CT molecular complexity index is 465. The highest BCUT2D eigenvalue weighted by atomic mass is 16.2. The Labute approximate surface area is 113 Å². The summed E-state index contributed by atoms with van der Waals surface area (Å²) in [6, 6.07) is 6.51. The molecule has 4 heteroatoms. The van der Waals surface area contributed by atoms with Crippen LogP contribution in [0.15, 0.2) is 24.3 Å². The number of carbonyl (C=O) groups is 2. The number of carbonyl (C=O) groups excluding carboxylic acids is 2. The average molecular weight is 260 g/mol. The molecule has 3 N–H and O–H groups in total. The molecule has 1 aliphatic carbocycles. The molecule has 4 nitrogen and oxygen atoms in total. The number of nitrogens with two attached hydrogens (primary N) is 1. The number of amides is 2. The third kappa shape index (κ3) is 3.81. The van der Waals surface area contributed by atoms with Gasteiger partial charge in [0.05, 0.1) is 0 Å². The van der Waals surface area contributed by atoms with Crippen LogP contribution in [-0.2, 0) is 0 Å². The van der Waals surface area contributed by atoms with Gasteiger partial charge in [0.25, 0.3) is 5.91 Å². The Morgan fingerprint density at radius 2 is 1.89 bits per heavy atom. The quantitative estimate of drug-likeness (QED) is 0.851. The summed E-state index contributed by atoms with van der Waals surface area (Å²) in [7, 11) is 0. The summed E-state index contributed by atoms with van der Waals surface area (Å²) >= 11 is 0. The second-order valence-corrected chi connectivity index (χ2v) is 5.14. The predicted molar refractivity (Wildman–Crippen MR) is 73.9 cm³/mol. The van der Waals surface area contributed by atoms with E-state index in [-0.39, 0.29) is 5.91 Å². The molecule has 1 fully saturated rings. The van der Waals surface area contributed by atoms with E-state index in [4.69, 9.17) is 5.73 Å². The van der Waals surface area contributed by atoms with Gasteiger partial charge in [0.15, 0.2) is 0 Å². The Balaban J connectivity index is 1.85. The van der Waals surface area contributed by atoms with Crippen LogP contribution in [0.2, 0.25) is 0 Å². The molecule has 1 aromatic carbocycles. The minimum Gasteiger partial charge on any atom is -0.366 e. The summed E-state index contributed by atoms with van der Waals surface area (Å²) in [5.74, 6) is 0.110. The highest BCUT2D eigenvalue weighted by molar-refractivity contribution is 5.99. The first-order valence-electron chi connectivity index (χ1n) is 6.85. The maximum atomic E-state index is 11.9. The number of primary amides is 1. The standard InChI is InChI=1S/C15H20N2O2/c16-14(18)12-6-3-7-13(10-12)15(19)17-9-8-11-4-1-2-5-11/h3,6-7,10-11H,1-2,4-5,8-9H2,(H2,16,18)(H,17,19). The van der Waals surface area contributed by atoms with Gasteiger partial charge in [-0.25, -0.2) is 0 Å². The first-order valence-corrected chi connectivity index (χ1v) is 6.85. The van der Waals surface area contributed by atoms with Crippen LogP contribution in [0.5, 0.6) is 0 Å². The third-order valence-corrected chi connectivity index (χ3v) is 3.72. The molecular weight excluding hydrogens is 240 g/mol. The molecule has 0 aromatic heterocycles. The van der Waals surface area contributed by atoms with Crippen LogP contribution in [-0.4, -0.2) is 18.4 Å². The zero-order valence-corrected chi connectivity index (χ0v) is 11.0. The van der Waals surface area contributed by atoms with Gasteiger partial charge in [-0.15, -0.1) is 0 Å². The van der Waals surface area contributed by atoms with E-state index in [1.165, 1.54) is 31.7 Å². The second-order valence-electron chi connectivity index (χ2n) is 5.14. The lowest BCUT2D eigenvalue weighted by atomic mass is 10.0. The number of hydrogen-bond acceptors (Lipinski definition) is 2. The van der Waals surface area contributed by atoms with Crippen molar-refractivity contribution < 1.29 is 9.59 Å². The van der Waals surface area contributed by atoms with Crippen molar-refractivity contribution in [3.8, 4) is 0 Å². The molecule has 0 atom stereocenters. The van der Waals surface area contributed by atoms with Crippen LogP contribution < -0.4 is 11.1 Å². The van der Waals surface area contributed by atoms with Crippen molar-refractivity contribution >= 4 is 11.8 Å². The number of benzene rings is 1. The van der Waals surface area contributed by atoms with E-state index in [0.29, 0.717) is 17.7 Å². The van der Waals surface area contributed by atoms with Crippen molar-refractivity contribution in [1.29, 1.82) is 0 Å². The van der Waals surface area contributed by atoms with Crippen LogP contribution in [0.3, 0.4) is 0 Å². The number of nitrogens with one attached hydrogen (secondary N) is 1. The van der Waals surface area contributed by atoms with Crippen molar-refractivity contribution in [2.24, 2.45) is 11.7 Å². The van der Waals surface area contributed by atoms with Gasteiger partial charge >= 0.3 is 0 Å². The van der Waals surface area contributed by atoms with Crippen LogP contribution in [0.4, 0.5) is 0 Å². The minimum absolute atomic E-state index is 0.138. The van der Waals surface area contributed by atoms with E-state index in [0.717, 1.165) is 12.3 Å². The highest BCUT2D eigenvalue weighted by Crippen LogP contribution is 2.26. The van der Waals surface area contributed by atoms with E-state index < -0.39 is 5.91 Å². The molecule has 0 aliphatic heterocycles. The molecule has 2 rings (SSSR count). The molecule has 0 unspecified atom stereocenters. The first-order chi connectivity index (χ1) is 9.16. The fourth-order valence-electron chi connectivity index (χ4n) is 2.60. The monoisotopic (exact) mass is 260 g/mol. The van der Waals surface area contributed by atoms with Crippen molar-refractivity contribution in [2.75, 3.05) is 6.54 Å². The molecule has 2 amide bonds. The Kier molecular flexibility index (Phi) is 4.55. The van der Waals surface area contributed by atoms with E-state index >= 15 is 0 Å². The van der Waals surface area contributed by atoms with E-state index in [1.54, 1.807) is 18.2 Å². The SMILES string of the molecule is NC(=O)c1cccc(C(=O)NCCC2CCCC2)c1. The molecule has 0 spiro atoms. The van der Waals surface area contributed by atoms with Gasteiger partial charge in [-0.05, 0) is 30.5 Å². The lowest BCUT2D eigenvalue weighted by Gasteiger charge is -2.10. The number of rotatable bonds is 5. The molecule has 1 saturated carbocycles. The molecule has 1 aromatic rings. The predicted octanol–water partition coefficient (Wildman–Crippen LogP) is 2.10. The fraction of sp³-hybridized carbons (Fsp3) is 0.467. The van der Waals surface area contributed by atoms with Gasteiger partial charge in [-0.2, -0.15) is 0 Å². The average Bonchev–Trinajstić information content (AvgIpc) is 2.92. The summed E-state index contributed by atoms with van der Waals surface area (Å²) in [5, 5.41) is 2.90. The summed E-state index contributed by atoms with van der Waals surface area (Å²) in [5.41, 5.74) is 6.05. The van der Waals surface area contributed by atoms with Crippen LogP contribution in [0.25, 0.3) is 0 Å². The fourth-order valence-corrected chi connectivity index (χ4v) is 2.60. The Morgan fingerprint density at radius 1 is 1.21 bits per heavy atom. The lowest BCUT2D eigenvalue weighted by Crippen LogP contribution is -2.26. The molecule has 102 valence electrons. The van der Waals surface area contributed by atoms with Crippen molar-refractivity contribution in [3.05, 3.63) is 35.4 Å². The normalized spacial score (nSPS) is 15.4. The number of hydrogen-bond donors (Lipinski definition) is 2. The van der Waals surface area contributed by atoms with Gasteiger partial charge in [0.1, 0.15) is 0 Å². The molecule has 0 saturated heterocycles. The molecule has 0 radical (unpaired) electrons. The van der Waals surface area contributed by atoms with Crippen molar-refractivity contribution in [1.82, 2.24) is 5.32 Å². The van der Waals surface area contributed by atoms with Gasteiger partial charge in [-0.1, -0.05) is 31.7 Å². The second kappa shape index (κ2) is 6.36. The van der Waals surface area contributed by atoms with E-state index in [9.17, 15) is 9.59 Å². The van der Waals surface area contributed by atoms with E-state index in [1.807, 2.05) is 0 Å². The molecule has 0 bridgehead atoms. The van der Waals surface area contributed by atoms with Crippen LogP contribution >= 0.6 is 0 Å². The lowest BCUT2D eigenvalue weighted by molar-refractivity contribution is 0.0951. The van der Waals surface area contributed by atoms with Crippen molar-refractivity contribution in [2.45, 2.75) is 32.1 Å². The molecule has 1 aliphatic rings. The largest absolute Gasteiger partial charge is 0.366 e. The first kappa shape index (κ1) is 13.6. The smallest absolute Gasteiger partial charge is 0.251 e. The van der Waals surface area contributed by atoms with Crippen LogP contribution in [0, 0.1) is 5.92 Å². The molecule has 0 heterocycles. The molecule has 19 heavy (non-hydrogen) atoms. The topological polar surface area (TPSA) is 72.2 Å². The van der Waals surface area contributed by atoms with Gasteiger partial charge in [0.2, 0.25) is 5.91 Å². The summed E-state index contributed by atoms with van der Waals surface area (Å²) in [4.78, 5) is 23.0. The highest BCUT2D eigenvalue weighted by Gasteiger charge is 2.15. The summed E-state index contributed by atoms with van der Waals surface area (Å²) < 4.78 is 0. The molecular formula is C15H20N2O2. The minimum atomic E-state index is -0.513. The summed E-state index contributed by atoms with van der Waals surface area (Å²) in [6.45, 7) is 0.699. The summed E-state index contributed by atoms with van der Waals surface area (Å²) in [6.07, 6.45) is 6.25. The van der Waals surface area contributed by atoms with Gasteiger partial charge in [-0.3, -0.25) is 9.59 Å². The van der Waals surface area contributed by atoms with Gasteiger partial charge < -0.3 is 11.1 Å². The van der Waals surface area contributed by atoms with Crippen molar-refractivity contribution in [3.63, 3.8) is 0 Å². The Morgan fingerprint density at radius 3 is 2.58 bits per heavy atom. The maximum absolute atomic E-state index is 11.9. The zero-order valence-electron chi connectivity index (χ0n) is 11.0.